The molecule has 0 radical (unpaired) electrons. The van der Waals surface area contributed by atoms with Crippen LogP contribution in [0.25, 0.3) is 0 Å². The minimum atomic E-state index is -0.448. The number of benzene rings is 2. The number of nitrogens with zero attached hydrogens (tertiary/aromatic N) is 2. The Morgan fingerprint density at radius 2 is 1.93 bits per heavy atom. The van der Waals surface area contributed by atoms with E-state index in [0.29, 0.717) is 27.9 Å². The maximum Gasteiger partial charge on any atom is 0.279 e. The van der Waals surface area contributed by atoms with Gasteiger partial charge >= 0.3 is 0 Å². The molecule has 1 atom stereocenters. The van der Waals surface area contributed by atoms with Crippen molar-refractivity contribution < 1.29 is 14.3 Å². The molecular weight excluding hydrogens is 393 g/mol. The molecule has 1 aliphatic rings. The number of nitrogens with one attached hydrogen (secondary N) is 1. The Balaban J connectivity index is 1.72. The molecule has 1 aliphatic heterocycles. The van der Waals surface area contributed by atoms with Crippen molar-refractivity contribution >= 4 is 23.5 Å². The Hall–Kier alpha value is -3.13. The summed E-state index contributed by atoms with van der Waals surface area (Å²) < 4.78 is 15.5. The number of halogens is 1. The molecule has 0 bridgehead atoms. The summed E-state index contributed by atoms with van der Waals surface area (Å²) in [4.78, 5) is 29.4. The molecule has 8 heteroatoms. The molecule has 0 saturated carbocycles. The highest BCUT2D eigenvalue weighted by Crippen LogP contribution is 2.36. The van der Waals surface area contributed by atoms with Gasteiger partial charge in [-0.3, -0.25) is 9.59 Å². The Morgan fingerprint density at radius 1 is 1.21 bits per heavy atom. The van der Waals surface area contributed by atoms with Gasteiger partial charge in [-0.05, 0) is 29.3 Å². The van der Waals surface area contributed by atoms with Gasteiger partial charge in [0.15, 0.2) is 5.16 Å². The molecule has 2 aromatic carbocycles. The molecule has 6 nitrogen and oxygen atoms in total. The van der Waals surface area contributed by atoms with E-state index in [1.54, 1.807) is 41.9 Å². The molecule has 0 fully saturated rings. The molecule has 0 aliphatic carbocycles. The molecular formula is C21H18FN3O3S. The molecule has 148 valence electrons. The largest absolute Gasteiger partial charge is 0.508 e. The maximum atomic E-state index is 13.9. The lowest BCUT2D eigenvalue weighted by atomic mass is 9.87. The van der Waals surface area contributed by atoms with Crippen LogP contribution in [0.3, 0.4) is 0 Å². The van der Waals surface area contributed by atoms with Gasteiger partial charge in [-0.15, -0.1) is 0 Å². The van der Waals surface area contributed by atoms with E-state index in [-0.39, 0.29) is 23.9 Å². The number of hydrogen-bond donors (Lipinski definition) is 2. The van der Waals surface area contributed by atoms with E-state index in [9.17, 15) is 19.1 Å². The number of carbonyl (C=O) groups is 1. The fourth-order valence-electron chi connectivity index (χ4n) is 3.41. The second-order valence-corrected chi connectivity index (χ2v) is 7.74. The van der Waals surface area contributed by atoms with Crippen molar-refractivity contribution in [1.29, 1.82) is 0 Å². The number of fused-ring (bicyclic) bond motifs is 1. The Kier molecular flexibility index (Phi) is 5.10. The number of phenols is 1. The average molecular weight is 411 g/mol. The van der Waals surface area contributed by atoms with Gasteiger partial charge in [0.1, 0.15) is 17.4 Å². The summed E-state index contributed by atoms with van der Waals surface area (Å²) in [7, 11) is 1.72. The van der Waals surface area contributed by atoms with Gasteiger partial charge < -0.3 is 15.0 Å². The number of rotatable bonds is 4. The number of aromatic nitrogens is 2. The lowest BCUT2D eigenvalue weighted by molar-refractivity contribution is -0.116. The van der Waals surface area contributed by atoms with Crippen molar-refractivity contribution in [2.45, 2.75) is 23.2 Å². The van der Waals surface area contributed by atoms with Crippen molar-refractivity contribution in [3.05, 3.63) is 81.4 Å². The first kappa shape index (κ1) is 19.2. The van der Waals surface area contributed by atoms with Crippen molar-refractivity contribution in [1.82, 2.24) is 9.55 Å². The summed E-state index contributed by atoms with van der Waals surface area (Å²) in [5.41, 5.74) is 1.25. The molecule has 2 N–H and O–H groups in total. The molecule has 1 aromatic heterocycles. The van der Waals surface area contributed by atoms with Gasteiger partial charge in [0.05, 0.1) is 5.56 Å². The number of thioether (sulfide) groups is 1. The molecule has 1 unspecified atom stereocenters. The Bertz CT molecular complexity index is 1140. The summed E-state index contributed by atoms with van der Waals surface area (Å²) >= 11 is 1.23. The quantitative estimate of drug-likeness (QED) is 0.508. The third kappa shape index (κ3) is 3.75. The van der Waals surface area contributed by atoms with Crippen molar-refractivity contribution in [2.24, 2.45) is 7.05 Å². The molecule has 0 spiro atoms. The van der Waals surface area contributed by atoms with E-state index in [4.69, 9.17) is 0 Å². The second-order valence-electron chi connectivity index (χ2n) is 6.80. The van der Waals surface area contributed by atoms with Crippen LogP contribution in [0.1, 0.15) is 29.0 Å². The fourth-order valence-corrected chi connectivity index (χ4v) is 4.36. The van der Waals surface area contributed by atoms with Crippen molar-refractivity contribution in [3.8, 4) is 5.75 Å². The van der Waals surface area contributed by atoms with Crippen LogP contribution in [0.4, 0.5) is 10.2 Å². The SMILES string of the molecule is Cn1c(SCc2ccccc2F)nc(=O)c2c1NC(=O)CC2c1ccc(O)cc1. The molecule has 0 saturated heterocycles. The zero-order valence-corrected chi connectivity index (χ0v) is 16.4. The second kappa shape index (κ2) is 7.71. The van der Waals surface area contributed by atoms with Gasteiger partial charge in [-0.1, -0.05) is 42.1 Å². The van der Waals surface area contributed by atoms with Gasteiger partial charge in [-0.25, -0.2) is 4.39 Å². The van der Waals surface area contributed by atoms with Crippen LogP contribution in [0, 0.1) is 5.82 Å². The highest BCUT2D eigenvalue weighted by Gasteiger charge is 2.32. The van der Waals surface area contributed by atoms with E-state index in [1.165, 1.54) is 30.0 Å². The predicted octanol–water partition coefficient (Wildman–Crippen LogP) is 3.39. The lowest BCUT2D eigenvalue weighted by Gasteiger charge is -2.27. The molecule has 2 heterocycles. The zero-order valence-electron chi connectivity index (χ0n) is 15.6. The van der Waals surface area contributed by atoms with Gasteiger partial charge in [0.25, 0.3) is 5.56 Å². The highest BCUT2D eigenvalue weighted by atomic mass is 32.2. The van der Waals surface area contributed by atoms with Crippen LogP contribution in [-0.4, -0.2) is 20.6 Å². The third-order valence-corrected chi connectivity index (χ3v) is 5.99. The molecule has 4 rings (SSSR count). The van der Waals surface area contributed by atoms with E-state index in [2.05, 4.69) is 10.3 Å². The maximum absolute atomic E-state index is 13.9. The fraction of sp³-hybridized carbons (Fsp3) is 0.190. The first-order valence-corrected chi connectivity index (χ1v) is 9.98. The number of phenolic OH excluding ortho intramolecular Hbond substituents is 1. The normalized spacial score (nSPS) is 15.7. The molecule has 3 aromatic rings. The third-order valence-electron chi connectivity index (χ3n) is 4.91. The van der Waals surface area contributed by atoms with Crippen LogP contribution in [0.15, 0.2) is 58.5 Å². The Morgan fingerprint density at radius 3 is 2.66 bits per heavy atom. The smallest absolute Gasteiger partial charge is 0.279 e. The van der Waals surface area contributed by atoms with Crippen LogP contribution < -0.4 is 10.9 Å². The van der Waals surface area contributed by atoms with Gasteiger partial charge in [0.2, 0.25) is 5.91 Å². The van der Waals surface area contributed by atoms with E-state index in [1.807, 2.05) is 0 Å². The zero-order chi connectivity index (χ0) is 20.5. The van der Waals surface area contributed by atoms with Crippen molar-refractivity contribution in [3.63, 3.8) is 0 Å². The standard InChI is InChI=1S/C21H18FN3O3S/c1-25-19-18(15(10-17(27)23-19)12-6-8-14(26)9-7-12)20(28)24-21(25)29-11-13-4-2-3-5-16(13)22/h2-9,15,26H,10-11H2,1H3,(H,23,27). The summed E-state index contributed by atoms with van der Waals surface area (Å²) in [5, 5.41) is 12.7. The number of amides is 1. The van der Waals surface area contributed by atoms with Crippen LogP contribution >= 0.6 is 11.8 Å². The summed E-state index contributed by atoms with van der Waals surface area (Å²) in [5.74, 6) is -0.154. The number of carbonyl (C=O) groups excluding carboxylic acids is 1. The minimum Gasteiger partial charge on any atom is -0.508 e. The number of hydrogen-bond acceptors (Lipinski definition) is 5. The summed E-state index contributed by atoms with van der Waals surface area (Å²) in [6, 6.07) is 12.9. The predicted molar refractivity (Wildman–Crippen MR) is 109 cm³/mol. The van der Waals surface area contributed by atoms with E-state index in [0.717, 1.165) is 5.56 Å². The van der Waals surface area contributed by atoms with E-state index < -0.39 is 11.5 Å². The summed E-state index contributed by atoms with van der Waals surface area (Å²) in [6.07, 6.45) is 0.121. The first-order chi connectivity index (χ1) is 13.9. The topological polar surface area (TPSA) is 84.2 Å². The monoisotopic (exact) mass is 411 g/mol. The highest BCUT2D eigenvalue weighted by molar-refractivity contribution is 7.98. The number of anilines is 1. The molecule has 1 amide bonds. The average Bonchev–Trinajstić information content (AvgIpc) is 2.70. The van der Waals surface area contributed by atoms with Gasteiger partial charge in [-0.2, -0.15) is 4.98 Å². The van der Waals surface area contributed by atoms with Gasteiger partial charge in [0, 0.05) is 25.1 Å². The van der Waals surface area contributed by atoms with E-state index >= 15 is 0 Å². The number of aromatic hydroxyl groups is 1. The molecule has 29 heavy (non-hydrogen) atoms. The van der Waals surface area contributed by atoms with Crippen LogP contribution in [-0.2, 0) is 17.6 Å². The first-order valence-electron chi connectivity index (χ1n) is 9.00. The minimum absolute atomic E-state index is 0.111. The summed E-state index contributed by atoms with van der Waals surface area (Å²) in [6.45, 7) is 0. The van der Waals surface area contributed by atoms with Crippen LogP contribution in [0.5, 0.6) is 5.75 Å². The van der Waals surface area contributed by atoms with Crippen LogP contribution in [0.2, 0.25) is 0 Å². The lowest BCUT2D eigenvalue weighted by Crippen LogP contribution is -2.33. The van der Waals surface area contributed by atoms with Crippen molar-refractivity contribution in [2.75, 3.05) is 5.32 Å². The Labute approximate surface area is 170 Å².